The molecule has 1 aliphatic carbocycles. The lowest BCUT2D eigenvalue weighted by Gasteiger charge is -2.31. The lowest BCUT2D eigenvalue weighted by Crippen LogP contribution is -2.37. The van der Waals surface area contributed by atoms with Crippen LogP contribution in [0.15, 0.2) is 18.2 Å². The fourth-order valence-electron chi connectivity index (χ4n) is 2.80. The Balaban J connectivity index is 2.05. The zero-order valence-corrected chi connectivity index (χ0v) is 10.2. The van der Waals surface area contributed by atoms with Crippen LogP contribution in [0.1, 0.15) is 31.2 Å². The minimum absolute atomic E-state index is 0.511. The zero-order valence-electron chi connectivity index (χ0n) is 10.2. The summed E-state index contributed by atoms with van der Waals surface area (Å²) in [5.74, 6) is -0.958. The van der Waals surface area contributed by atoms with Gasteiger partial charge in [0.05, 0.1) is 0 Å². The summed E-state index contributed by atoms with van der Waals surface area (Å²) < 4.78 is 26.0. The third-order valence-corrected chi connectivity index (χ3v) is 3.76. The van der Waals surface area contributed by atoms with Crippen LogP contribution in [-0.2, 0) is 6.42 Å². The highest BCUT2D eigenvalue weighted by Crippen LogP contribution is 2.27. The Hall–Kier alpha value is -0.960. The molecule has 2 atom stereocenters. The SMILES string of the molecule is CNC1CCCCC1Cc1ccc(F)c(F)c1. The third kappa shape index (κ3) is 3.03. The molecule has 1 aromatic carbocycles. The van der Waals surface area contributed by atoms with Crippen molar-refractivity contribution in [1.29, 1.82) is 0 Å². The van der Waals surface area contributed by atoms with Crippen LogP contribution >= 0.6 is 0 Å². The number of halogens is 2. The van der Waals surface area contributed by atoms with Crippen molar-refractivity contribution in [3.63, 3.8) is 0 Å². The Kier molecular flexibility index (Phi) is 4.11. The molecule has 0 saturated heterocycles. The molecule has 0 radical (unpaired) electrons. The van der Waals surface area contributed by atoms with Gasteiger partial charge in [-0.2, -0.15) is 0 Å². The van der Waals surface area contributed by atoms with E-state index < -0.39 is 11.6 Å². The summed E-state index contributed by atoms with van der Waals surface area (Å²) in [6.07, 6.45) is 5.70. The lowest BCUT2D eigenvalue weighted by molar-refractivity contribution is 0.272. The molecule has 94 valence electrons. The van der Waals surface area contributed by atoms with Crippen LogP contribution in [0.3, 0.4) is 0 Å². The van der Waals surface area contributed by atoms with Gasteiger partial charge < -0.3 is 5.32 Å². The van der Waals surface area contributed by atoms with Crippen molar-refractivity contribution in [2.45, 2.75) is 38.1 Å². The summed E-state index contributed by atoms with van der Waals surface area (Å²) in [6, 6.07) is 4.76. The number of hydrogen-bond acceptors (Lipinski definition) is 1. The average molecular weight is 239 g/mol. The molecule has 3 heteroatoms. The van der Waals surface area contributed by atoms with E-state index >= 15 is 0 Å². The first kappa shape index (κ1) is 12.5. The molecule has 2 unspecified atom stereocenters. The molecular weight excluding hydrogens is 220 g/mol. The van der Waals surface area contributed by atoms with E-state index in [0.717, 1.165) is 12.0 Å². The lowest BCUT2D eigenvalue weighted by atomic mass is 9.81. The van der Waals surface area contributed by atoms with Crippen molar-refractivity contribution in [2.24, 2.45) is 5.92 Å². The second-order valence-corrected chi connectivity index (χ2v) is 4.89. The predicted molar refractivity (Wildman–Crippen MR) is 64.9 cm³/mol. The second-order valence-electron chi connectivity index (χ2n) is 4.89. The molecule has 1 saturated carbocycles. The van der Waals surface area contributed by atoms with Crippen LogP contribution < -0.4 is 5.32 Å². The third-order valence-electron chi connectivity index (χ3n) is 3.76. The van der Waals surface area contributed by atoms with Crippen LogP contribution in [-0.4, -0.2) is 13.1 Å². The fourth-order valence-corrected chi connectivity index (χ4v) is 2.80. The van der Waals surface area contributed by atoms with E-state index in [9.17, 15) is 8.78 Å². The Morgan fingerprint density at radius 1 is 1.18 bits per heavy atom. The van der Waals surface area contributed by atoms with Gasteiger partial charge in [-0.05, 0) is 49.9 Å². The summed E-state index contributed by atoms with van der Waals surface area (Å²) in [5.41, 5.74) is 0.899. The monoisotopic (exact) mass is 239 g/mol. The summed E-state index contributed by atoms with van der Waals surface area (Å²) >= 11 is 0. The molecule has 0 amide bonds. The molecule has 0 bridgehead atoms. The summed E-state index contributed by atoms with van der Waals surface area (Å²) in [7, 11) is 1.98. The molecule has 1 aromatic rings. The highest BCUT2D eigenvalue weighted by atomic mass is 19.2. The largest absolute Gasteiger partial charge is 0.317 e. The maximum absolute atomic E-state index is 13.1. The average Bonchev–Trinajstić information content (AvgIpc) is 2.34. The molecule has 0 aliphatic heterocycles. The molecular formula is C14H19F2N. The van der Waals surface area contributed by atoms with E-state index in [0.29, 0.717) is 12.0 Å². The van der Waals surface area contributed by atoms with Crippen molar-refractivity contribution in [1.82, 2.24) is 5.32 Å². The Bertz CT molecular complexity index is 378. The van der Waals surface area contributed by atoms with Crippen molar-refractivity contribution in [3.05, 3.63) is 35.4 Å². The van der Waals surface area contributed by atoms with E-state index in [4.69, 9.17) is 0 Å². The first-order valence-electron chi connectivity index (χ1n) is 6.32. The molecule has 1 nitrogen and oxygen atoms in total. The number of rotatable bonds is 3. The normalized spacial score (nSPS) is 24.9. The predicted octanol–water partition coefficient (Wildman–Crippen LogP) is 3.29. The van der Waals surface area contributed by atoms with Gasteiger partial charge in [-0.25, -0.2) is 8.78 Å². The van der Waals surface area contributed by atoms with E-state index in [1.807, 2.05) is 7.05 Å². The van der Waals surface area contributed by atoms with Gasteiger partial charge in [-0.15, -0.1) is 0 Å². The Labute approximate surface area is 101 Å². The van der Waals surface area contributed by atoms with Crippen LogP contribution in [0.25, 0.3) is 0 Å². The van der Waals surface area contributed by atoms with Gasteiger partial charge in [0.2, 0.25) is 0 Å². The highest BCUT2D eigenvalue weighted by Gasteiger charge is 2.23. The Morgan fingerprint density at radius 2 is 1.94 bits per heavy atom. The molecule has 0 spiro atoms. The second kappa shape index (κ2) is 5.58. The smallest absolute Gasteiger partial charge is 0.159 e. The first-order valence-corrected chi connectivity index (χ1v) is 6.32. The van der Waals surface area contributed by atoms with Crippen molar-refractivity contribution in [3.8, 4) is 0 Å². The number of hydrogen-bond donors (Lipinski definition) is 1. The standard InChI is InChI=1S/C14H19F2N/c1-17-14-5-3-2-4-11(14)8-10-6-7-12(15)13(16)9-10/h6-7,9,11,14,17H,2-5,8H2,1H3. The fraction of sp³-hybridized carbons (Fsp3) is 0.571. The van der Waals surface area contributed by atoms with Crippen LogP contribution in [0, 0.1) is 17.6 Å². The van der Waals surface area contributed by atoms with E-state index in [1.54, 1.807) is 6.07 Å². The summed E-state index contributed by atoms with van der Waals surface area (Å²) in [4.78, 5) is 0. The maximum atomic E-state index is 13.1. The van der Waals surface area contributed by atoms with Gasteiger partial charge in [0.15, 0.2) is 11.6 Å². The van der Waals surface area contributed by atoms with Crippen molar-refractivity contribution >= 4 is 0 Å². The minimum atomic E-state index is -0.762. The van der Waals surface area contributed by atoms with Crippen molar-refractivity contribution in [2.75, 3.05) is 7.05 Å². The van der Waals surface area contributed by atoms with Gasteiger partial charge >= 0.3 is 0 Å². The van der Waals surface area contributed by atoms with Crippen molar-refractivity contribution < 1.29 is 8.78 Å². The quantitative estimate of drug-likeness (QED) is 0.853. The minimum Gasteiger partial charge on any atom is -0.317 e. The molecule has 2 rings (SSSR count). The maximum Gasteiger partial charge on any atom is 0.159 e. The highest BCUT2D eigenvalue weighted by molar-refractivity contribution is 5.18. The first-order chi connectivity index (χ1) is 8.20. The van der Waals surface area contributed by atoms with E-state index in [2.05, 4.69) is 5.32 Å². The van der Waals surface area contributed by atoms with E-state index in [-0.39, 0.29) is 0 Å². The summed E-state index contributed by atoms with van der Waals surface area (Å²) in [6.45, 7) is 0. The van der Waals surface area contributed by atoms with Gasteiger partial charge in [-0.3, -0.25) is 0 Å². The zero-order chi connectivity index (χ0) is 12.3. The van der Waals surface area contributed by atoms with Gasteiger partial charge in [0.25, 0.3) is 0 Å². The Morgan fingerprint density at radius 3 is 2.65 bits per heavy atom. The topological polar surface area (TPSA) is 12.0 Å². The van der Waals surface area contributed by atoms with E-state index in [1.165, 1.54) is 37.8 Å². The molecule has 1 aliphatic rings. The number of benzene rings is 1. The summed E-state index contributed by atoms with van der Waals surface area (Å²) in [5, 5.41) is 3.33. The molecule has 1 N–H and O–H groups in total. The molecule has 0 heterocycles. The van der Waals surface area contributed by atoms with Gasteiger partial charge in [0.1, 0.15) is 0 Å². The van der Waals surface area contributed by atoms with Crippen LogP contribution in [0.5, 0.6) is 0 Å². The number of nitrogens with one attached hydrogen (secondary N) is 1. The molecule has 1 fully saturated rings. The molecule has 0 aromatic heterocycles. The van der Waals surface area contributed by atoms with Gasteiger partial charge in [0, 0.05) is 6.04 Å². The van der Waals surface area contributed by atoms with Gasteiger partial charge in [-0.1, -0.05) is 18.9 Å². The molecule has 17 heavy (non-hydrogen) atoms. The van der Waals surface area contributed by atoms with Crippen LogP contribution in [0.4, 0.5) is 8.78 Å². The van der Waals surface area contributed by atoms with Crippen LogP contribution in [0.2, 0.25) is 0 Å².